The molecular formula is C49H56N6O18P3+. The number of anilines is 2. The Bertz CT molecular complexity index is 3610. The van der Waals surface area contributed by atoms with Crippen molar-refractivity contribution in [3.05, 3.63) is 121 Å². The Balaban J connectivity index is 1.08. The number of benzene rings is 3. The summed E-state index contributed by atoms with van der Waals surface area (Å²) in [4.78, 5) is 82.7. The lowest BCUT2D eigenvalue weighted by atomic mass is 9.83. The fraction of sp³-hybridized carbons (Fsp3) is 0.367. The maximum absolute atomic E-state index is 13.7. The highest BCUT2D eigenvalue weighted by molar-refractivity contribution is 7.66. The van der Waals surface area contributed by atoms with Gasteiger partial charge >= 0.3 is 35.1 Å². The van der Waals surface area contributed by atoms with Crippen molar-refractivity contribution in [1.82, 2.24) is 19.4 Å². The molecule has 4 aromatic rings. The van der Waals surface area contributed by atoms with Gasteiger partial charge in [0.15, 0.2) is 11.8 Å². The van der Waals surface area contributed by atoms with E-state index in [9.17, 15) is 53.2 Å². The molecule has 24 nitrogen and oxygen atoms in total. The molecule has 8 rings (SSSR count). The number of carboxylic acids is 1. The first kappa shape index (κ1) is 56.1. The molecule has 4 aliphatic rings. The molecule has 404 valence electrons. The average Bonchev–Trinajstić information content (AvgIpc) is 3.58. The van der Waals surface area contributed by atoms with Crippen LogP contribution in [0.3, 0.4) is 0 Å². The lowest BCUT2D eigenvalue weighted by Gasteiger charge is -2.43. The quantitative estimate of drug-likeness (QED) is 0.0437. The number of aromatic carboxylic acids is 1. The maximum atomic E-state index is 13.7. The van der Waals surface area contributed by atoms with E-state index in [1.54, 1.807) is 6.07 Å². The lowest BCUT2D eigenvalue weighted by molar-refractivity contribution is -0.0541. The highest BCUT2D eigenvalue weighted by Gasteiger charge is 2.47. The topological polar surface area (TPSA) is 352 Å². The van der Waals surface area contributed by atoms with Gasteiger partial charge in [0.1, 0.15) is 42.2 Å². The van der Waals surface area contributed by atoms with Gasteiger partial charge in [0.05, 0.1) is 35.9 Å². The molecule has 1 saturated heterocycles. The normalized spacial score (nSPS) is 21.7. The number of aliphatic hydroxyl groups excluding tert-OH is 2. The van der Waals surface area contributed by atoms with Crippen LogP contribution < -0.4 is 41.5 Å². The number of hydrogen-bond acceptors (Lipinski definition) is 16. The molecule has 6 atom stereocenters. The summed E-state index contributed by atoms with van der Waals surface area (Å²) < 4.78 is 61.9. The average molecular weight is 1110 g/mol. The predicted octanol–water partition coefficient (Wildman–Crippen LogP) is 3.35. The summed E-state index contributed by atoms with van der Waals surface area (Å²) in [5, 5.41) is 36.5. The zero-order valence-electron chi connectivity index (χ0n) is 42.2. The largest absolute Gasteiger partial charge is 0.490 e. The molecular weight excluding hydrogens is 1050 g/mol. The minimum Gasteiger partial charge on any atom is -0.478 e. The highest BCUT2D eigenvalue weighted by Crippen LogP contribution is 2.66. The van der Waals surface area contributed by atoms with Gasteiger partial charge in [-0.05, 0) is 88.6 Å². The molecule has 0 bridgehead atoms. The third kappa shape index (κ3) is 11.0. The molecule has 0 aliphatic carbocycles. The van der Waals surface area contributed by atoms with Crippen molar-refractivity contribution < 1.29 is 80.8 Å². The number of carbonyl (C=O) groups excluding carboxylic acids is 1. The summed E-state index contributed by atoms with van der Waals surface area (Å²) in [6.45, 7) is 16.8. The monoisotopic (exact) mass is 1110 g/mol. The van der Waals surface area contributed by atoms with Gasteiger partial charge in [-0.2, -0.15) is 13.6 Å². The second-order valence-electron chi connectivity index (χ2n) is 19.4. The van der Waals surface area contributed by atoms with E-state index in [4.69, 9.17) is 25.0 Å². The number of carboxylic acid groups (broad SMARTS) is 1. The van der Waals surface area contributed by atoms with Crippen molar-refractivity contribution in [2.24, 2.45) is 0 Å². The van der Waals surface area contributed by atoms with Crippen molar-refractivity contribution in [3.63, 3.8) is 0 Å². The van der Waals surface area contributed by atoms with E-state index < -0.39 is 72.2 Å². The van der Waals surface area contributed by atoms with E-state index in [1.165, 1.54) is 12.1 Å². The molecule has 27 heteroatoms. The fourth-order valence-electron chi connectivity index (χ4n) is 10.3. The summed E-state index contributed by atoms with van der Waals surface area (Å²) in [6, 6.07) is 12.5. The Hall–Kier alpha value is -6.12. The molecule has 10 N–H and O–H groups in total. The molecule has 0 saturated carbocycles. The van der Waals surface area contributed by atoms with Gasteiger partial charge in [0.25, 0.3) is 5.91 Å². The Morgan fingerprint density at radius 3 is 2.25 bits per heavy atom. The number of fused-ring (bicyclic) bond motifs is 4. The Kier molecular flexibility index (Phi) is 15.0. The van der Waals surface area contributed by atoms with E-state index in [0.717, 1.165) is 39.5 Å². The van der Waals surface area contributed by atoms with E-state index in [-0.39, 0.29) is 40.1 Å². The first-order valence-electron chi connectivity index (χ1n) is 23.6. The van der Waals surface area contributed by atoms with Crippen LogP contribution in [-0.4, -0.2) is 112 Å². The van der Waals surface area contributed by atoms with Crippen LogP contribution in [0.2, 0.25) is 0 Å². The zero-order valence-corrected chi connectivity index (χ0v) is 44.9. The van der Waals surface area contributed by atoms with Gasteiger partial charge in [-0.25, -0.2) is 27.9 Å². The summed E-state index contributed by atoms with van der Waals surface area (Å²) in [7, 11) is -17.2. The van der Waals surface area contributed by atoms with Crippen molar-refractivity contribution >= 4 is 63.6 Å². The second-order valence-corrected chi connectivity index (χ2v) is 23.8. The molecule has 2 unspecified atom stereocenters. The lowest BCUT2D eigenvalue weighted by Crippen LogP contribution is -2.49. The number of rotatable bonds is 14. The number of amides is 1. The third-order valence-corrected chi connectivity index (χ3v) is 17.1. The van der Waals surface area contributed by atoms with Crippen molar-refractivity contribution in [1.29, 1.82) is 0 Å². The van der Waals surface area contributed by atoms with Gasteiger partial charge in [-0.1, -0.05) is 24.0 Å². The van der Waals surface area contributed by atoms with Gasteiger partial charge in [0.2, 0.25) is 5.36 Å². The molecule has 5 heterocycles. The number of nitrogens with two attached hydrogens (primary N) is 1. The van der Waals surface area contributed by atoms with Crippen LogP contribution in [0.1, 0.15) is 110 Å². The van der Waals surface area contributed by atoms with Crippen molar-refractivity contribution in [2.45, 2.75) is 91.0 Å². The SMILES string of the molecule is CCN1c2cc3c(cc2C(C)=CC1(C)C)C(c1ccc(C(=O)NCC#Cc2cn([C@@H]4O[C@H](COP(=O)(O)OP(=O)(O)OP(=O)(O)O)[C@@H](O)[C@H]4O)c(=O)nc2N)cc1C(=O)O)=c1cc2c(cc1O3)=[N+](CC)C(C)(C)C=C2C. The van der Waals surface area contributed by atoms with E-state index in [1.807, 2.05) is 24.3 Å². The number of hydrogen-bond donors (Lipinski definition) is 9. The number of aromatic nitrogens is 2. The number of ether oxygens (including phenoxy) is 2. The summed E-state index contributed by atoms with van der Waals surface area (Å²) in [6.07, 6.45) is -1.94. The first-order valence-corrected chi connectivity index (χ1v) is 28.1. The molecule has 1 aromatic heterocycles. The van der Waals surface area contributed by atoms with Crippen molar-refractivity contribution in [3.8, 4) is 23.3 Å². The first-order chi connectivity index (χ1) is 35.4. The minimum absolute atomic E-state index is 0.00530. The standard InChI is InChI=1S/C49H55N6O18P3/c1-9-54-35-19-37-33(17-30(35)25(3)21-48(54,5)6)40(34-18-31-26(4)22-49(7,8)55(10-2)36(31)20-38(34)70-37)29-14-13-27(16-32(29)46(59)60)44(58)51-15-11-12-28-23-53(47(61)52-43(28)50)45-42(57)41(56)39(71-45)24-69-75(65,66)73-76(67,68)72-74(62,63)64/h13-14,16-23,39,41-42,45,56-57H,9-10,15,24H2,1-8H3,(H7-,50,51,52,58,59,60,61,62,63,64,65,66,67,68)/p+1/t39-,41-,42-,45-/m1/s1. The van der Waals surface area contributed by atoms with Crippen LogP contribution >= 0.6 is 23.5 Å². The van der Waals surface area contributed by atoms with Crippen LogP contribution in [-0.2, 0) is 31.6 Å². The number of allylic oxidation sites excluding steroid dienone is 2. The number of phosphoric acid groups is 3. The molecule has 3 aromatic carbocycles. The summed E-state index contributed by atoms with van der Waals surface area (Å²) in [5.74, 6) is 4.02. The molecule has 1 amide bonds. The second kappa shape index (κ2) is 20.4. The molecule has 0 spiro atoms. The van der Waals surface area contributed by atoms with Gasteiger partial charge in [-0.3, -0.25) is 13.9 Å². The van der Waals surface area contributed by atoms with Crippen LogP contribution in [0.15, 0.2) is 65.6 Å². The van der Waals surface area contributed by atoms with E-state index >= 15 is 0 Å². The van der Waals surface area contributed by atoms with Crippen LogP contribution in [0.5, 0.6) is 11.5 Å². The van der Waals surface area contributed by atoms with E-state index in [2.05, 4.69) is 112 Å². The number of carbonyl (C=O) groups is 2. The number of phosphoric ester groups is 1. The molecule has 0 radical (unpaired) electrons. The van der Waals surface area contributed by atoms with Gasteiger partial charge in [0, 0.05) is 71.4 Å². The Labute approximate surface area is 434 Å². The third-order valence-electron chi connectivity index (χ3n) is 13.3. The molecule has 1 fully saturated rings. The number of aliphatic hydroxyl groups is 2. The Morgan fingerprint density at radius 2 is 1.59 bits per heavy atom. The molecule has 4 aliphatic heterocycles. The number of nitrogen functional groups attached to an aromatic ring is 1. The summed E-state index contributed by atoms with van der Waals surface area (Å²) in [5.41, 5.74) is 10.6. The van der Waals surface area contributed by atoms with Crippen LogP contribution in [0.25, 0.3) is 16.7 Å². The highest BCUT2D eigenvalue weighted by atomic mass is 31.3. The smallest absolute Gasteiger partial charge is 0.478 e. The summed E-state index contributed by atoms with van der Waals surface area (Å²) >= 11 is 0. The van der Waals surface area contributed by atoms with Crippen molar-refractivity contribution in [2.75, 3.05) is 36.9 Å². The predicted molar refractivity (Wildman–Crippen MR) is 275 cm³/mol. The zero-order chi connectivity index (χ0) is 55.8. The van der Waals surface area contributed by atoms with Crippen LogP contribution in [0.4, 0.5) is 11.5 Å². The van der Waals surface area contributed by atoms with Gasteiger partial charge < -0.3 is 60.3 Å². The maximum Gasteiger partial charge on any atom is 0.490 e. The molecule has 76 heavy (non-hydrogen) atoms. The Morgan fingerprint density at radius 1 is 0.895 bits per heavy atom. The van der Waals surface area contributed by atoms with E-state index in [0.29, 0.717) is 51.1 Å². The van der Waals surface area contributed by atoms with Gasteiger partial charge in [-0.15, -0.1) is 0 Å². The minimum atomic E-state index is -5.87. The fourth-order valence-corrected chi connectivity index (χ4v) is 13.3. The number of nitrogens with zero attached hydrogens (tertiary/aromatic N) is 4. The number of likely N-dealkylation sites (N-methyl/N-ethyl adjacent to an activating group) is 2. The number of nitrogens with one attached hydrogen (secondary N) is 1. The van der Waals surface area contributed by atoms with Crippen LogP contribution in [0, 0.1) is 11.8 Å².